The highest BCUT2D eigenvalue weighted by Crippen LogP contribution is 2.26. The Bertz CT molecular complexity index is 368. The van der Waals surface area contributed by atoms with Gasteiger partial charge in [-0.05, 0) is 32.3 Å². The first-order valence-electron chi connectivity index (χ1n) is 6.68. The molecule has 1 fully saturated rings. The maximum atomic E-state index is 6.30. The highest BCUT2D eigenvalue weighted by atomic mass is 32.2. The molecule has 2 nitrogen and oxygen atoms in total. The summed E-state index contributed by atoms with van der Waals surface area (Å²) in [6.07, 6.45) is 2.34. The van der Waals surface area contributed by atoms with Crippen LogP contribution >= 0.6 is 11.8 Å². The van der Waals surface area contributed by atoms with Crippen molar-refractivity contribution >= 4 is 11.8 Å². The van der Waals surface area contributed by atoms with Crippen LogP contribution in [0.4, 0.5) is 0 Å². The van der Waals surface area contributed by atoms with Crippen LogP contribution in [-0.2, 0) is 4.74 Å². The molecule has 1 saturated heterocycles. The van der Waals surface area contributed by atoms with E-state index in [-0.39, 0.29) is 6.04 Å². The van der Waals surface area contributed by atoms with E-state index in [1.165, 1.54) is 29.5 Å². The van der Waals surface area contributed by atoms with Crippen molar-refractivity contribution in [3.8, 4) is 0 Å². The van der Waals surface area contributed by atoms with Gasteiger partial charge in [0.05, 0.1) is 0 Å². The van der Waals surface area contributed by atoms with Crippen molar-refractivity contribution in [2.24, 2.45) is 5.73 Å². The summed E-state index contributed by atoms with van der Waals surface area (Å²) < 4.78 is 5.38. The van der Waals surface area contributed by atoms with Crippen LogP contribution in [0.25, 0.3) is 0 Å². The van der Waals surface area contributed by atoms with Crippen molar-refractivity contribution in [1.82, 2.24) is 0 Å². The van der Waals surface area contributed by atoms with E-state index in [0.29, 0.717) is 0 Å². The number of hydrogen-bond acceptors (Lipinski definition) is 3. The molecule has 1 aromatic rings. The Morgan fingerprint density at radius 1 is 1.22 bits per heavy atom. The lowest BCUT2D eigenvalue weighted by Crippen LogP contribution is -2.21. The van der Waals surface area contributed by atoms with Gasteiger partial charge in [0, 0.05) is 30.3 Å². The molecule has 1 atom stereocenters. The Hall–Kier alpha value is -0.510. The van der Waals surface area contributed by atoms with Gasteiger partial charge in [0.1, 0.15) is 0 Å². The zero-order valence-electron chi connectivity index (χ0n) is 11.3. The molecule has 1 aromatic carbocycles. The Morgan fingerprint density at radius 3 is 2.44 bits per heavy atom. The molecule has 3 heteroatoms. The summed E-state index contributed by atoms with van der Waals surface area (Å²) >= 11 is 2.01. The highest BCUT2D eigenvalue weighted by molar-refractivity contribution is 7.99. The van der Waals surface area contributed by atoms with E-state index in [1.807, 2.05) is 11.8 Å². The lowest BCUT2D eigenvalue weighted by Gasteiger charge is -2.23. The quantitative estimate of drug-likeness (QED) is 0.908. The summed E-state index contributed by atoms with van der Waals surface area (Å²) in [6.45, 7) is 6.09. The summed E-state index contributed by atoms with van der Waals surface area (Å²) in [7, 11) is 0. The molecule has 0 aliphatic carbocycles. The molecule has 0 radical (unpaired) electrons. The van der Waals surface area contributed by atoms with Gasteiger partial charge in [-0.15, -0.1) is 0 Å². The smallest absolute Gasteiger partial charge is 0.0476 e. The van der Waals surface area contributed by atoms with E-state index in [9.17, 15) is 0 Å². The number of rotatable bonds is 4. The minimum atomic E-state index is 0.149. The summed E-state index contributed by atoms with van der Waals surface area (Å²) in [5, 5.41) is 0.732. The number of aryl methyl sites for hydroxylation is 2. The Balaban J connectivity index is 1.88. The second-order valence-corrected chi connectivity index (χ2v) is 6.51. The van der Waals surface area contributed by atoms with Gasteiger partial charge in [0.25, 0.3) is 0 Å². The van der Waals surface area contributed by atoms with Gasteiger partial charge < -0.3 is 10.5 Å². The molecule has 0 saturated carbocycles. The molecule has 0 bridgehead atoms. The van der Waals surface area contributed by atoms with E-state index in [4.69, 9.17) is 10.5 Å². The Kier molecular flexibility index (Phi) is 5.10. The lowest BCUT2D eigenvalue weighted by molar-refractivity contribution is 0.1000. The largest absolute Gasteiger partial charge is 0.381 e. The van der Waals surface area contributed by atoms with Crippen LogP contribution in [0.2, 0.25) is 0 Å². The van der Waals surface area contributed by atoms with Crippen molar-refractivity contribution in [3.63, 3.8) is 0 Å². The molecule has 0 aromatic heterocycles. The number of nitrogens with two attached hydrogens (primary N) is 1. The van der Waals surface area contributed by atoms with Crippen LogP contribution in [0.15, 0.2) is 18.2 Å². The second-order valence-electron chi connectivity index (χ2n) is 5.17. The molecule has 1 unspecified atom stereocenters. The first-order valence-corrected chi connectivity index (χ1v) is 7.73. The van der Waals surface area contributed by atoms with Gasteiger partial charge in [0.2, 0.25) is 0 Å². The number of hydrogen-bond donors (Lipinski definition) is 1. The summed E-state index contributed by atoms with van der Waals surface area (Å²) in [5.41, 5.74) is 10.2. The van der Waals surface area contributed by atoms with Crippen LogP contribution in [0.3, 0.4) is 0 Å². The summed E-state index contributed by atoms with van der Waals surface area (Å²) in [6, 6.07) is 6.77. The van der Waals surface area contributed by atoms with Gasteiger partial charge in [-0.2, -0.15) is 11.8 Å². The van der Waals surface area contributed by atoms with Crippen molar-refractivity contribution < 1.29 is 4.74 Å². The molecule has 0 amide bonds. The van der Waals surface area contributed by atoms with Gasteiger partial charge >= 0.3 is 0 Å². The van der Waals surface area contributed by atoms with E-state index >= 15 is 0 Å². The van der Waals surface area contributed by atoms with E-state index < -0.39 is 0 Å². The Morgan fingerprint density at radius 2 is 1.83 bits per heavy atom. The van der Waals surface area contributed by atoms with Crippen LogP contribution in [0, 0.1) is 13.8 Å². The lowest BCUT2D eigenvalue weighted by atomic mass is 10.0. The van der Waals surface area contributed by atoms with Crippen molar-refractivity contribution in [3.05, 3.63) is 34.9 Å². The van der Waals surface area contributed by atoms with Crippen LogP contribution in [-0.4, -0.2) is 24.2 Å². The van der Waals surface area contributed by atoms with Crippen LogP contribution in [0.1, 0.15) is 35.6 Å². The van der Waals surface area contributed by atoms with E-state index in [1.54, 1.807) is 0 Å². The zero-order chi connectivity index (χ0) is 13.0. The standard InChI is InChI=1S/C15H23NOS/c1-11-7-12(2)9-13(8-11)15(16)10-18-14-3-5-17-6-4-14/h7-9,14-15H,3-6,10,16H2,1-2H3. The van der Waals surface area contributed by atoms with Crippen molar-refractivity contribution in [1.29, 1.82) is 0 Å². The summed E-state index contributed by atoms with van der Waals surface area (Å²) in [5.74, 6) is 1.01. The normalized spacial score (nSPS) is 18.8. The number of benzene rings is 1. The van der Waals surface area contributed by atoms with Gasteiger partial charge in [0.15, 0.2) is 0 Å². The van der Waals surface area contributed by atoms with E-state index in [2.05, 4.69) is 32.0 Å². The predicted molar refractivity (Wildman–Crippen MR) is 79.1 cm³/mol. The van der Waals surface area contributed by atoms with Gasteiger partial charge in [-0.1, -0.05) is 29.3 Å². The molecular formula is C15H23NOS. The van der Waals surface area contributed by atoms with Gasteiger partial charge in [-0.25, -0.2) is 0 Å². The Labute approximate surface area is 114 Å². The van der Waals surface area contributed by atoms with Crippen molar-refractivity contribution in [2.75, 3.05) is 19.0 Å². The number of thioether (sulfide) groups is 1. The minimum absolute atomic E-state index is 0.149. The molecular weight excluding hydrogens is 242 g/mol. The topological polar surface area (TPSA) is 35.2 Å². The molecule has 100 valence electrons. The maximum absolute atomic E-state index is 6.30. The SMILES string of the molecule is Cc1cc(C)cc(C(N)CSC2CCOCC2)c1. The summed E-state index contributed by atoms with van der Waals surface area (Å²) in [4.78, 5) is 0. The third kappa shape index (κ3) is 4.01. The molecule has 0 spiro atoms. The maximum Gasteiger partial charge on any atom is 0.0476 e. The second kappa shape index (κ2) is 6.60. The molecule has 2 rings (SSSR count). The fraction of sp³-hybridized carbons (Fsp3) is 0.600. The molecule has 18 heavy (non-hydrogen) atoms. The predicted octanol–water partition coefficient (Wildman–Crippen LogP) is 3.22. The molecule has 2 N–H and O–H groups in total. The average molecular weight is 265 g/mol. The average Bonchev–Trinajstić information content (AvgIpc) is 2.36. The van der Waals surface area contributed by atoms with E-state index in [0.717, 1.165) is 24.2 Å². The fourth-order valence-electron chi connectivity index (χ4n) is 2.40. The van der Waals surface area contributed by atoms with Crippen LogP contribution < -0.4 is 5.73 Å². The third-order valence-corrected chi connectivity index (χ3v) is 4.85. The van der Waals surface area contributed by atoms with Crippen LogP contribution in [0.5, 0.6) is 0 Å². The first kappa shape index (κ1) is 13.9. The molecule has 1 aliphatic rings. The monoisotopic (exact) mass is 265 g/mol. The zero-order valence-corrected chi connectivity index (χ0v) is 12.1. The first-order chi connectivity index (χ1) is 8.65. The number of ether oxygens (including phenoxy) is 1. The van der Waals surface area contributed by atoms with Gasteiger partial charge in [-0.3, -0.25) is 0 Å². The highest BCUT2D eigenvalue weighted by Gasteiger charge is 2.16. The molecule has 1 aliphatic heterocycles. The molecule has 1 heterocycles. The third-order valence-electron chi connectivity index (χ3n) is 3.35. The minimum Gasteiger partial charge on any atom is -0.381 e. The van der Waals surface area contributed by atoms with Crippen molar-refractivity contribution in [2.45, 2.75) is 38.0 Å². The fourth-order valence-corrected chi connectivity index (χ4v) is 3.60.